The number of anilines is 1. The highest BCUT2D eigenvalue weighted by Gasteiger charge is 2.15. The number of aromatic hydroxyl groups is 1. The molecule has 6 heteroatoms. The number of nitrogens with one attached hydrogen (secondary N) is 1. The molecule has 0 radical (unpaired) electrons. The highest BCUT2D eigenvalue weighted by Crippen LogP contribution is 2.22. The van der Waals surface area contributed by atoms with Gasteiger partial charge in [-0.3, -0.25) is 4.79 Å². The number of carboxylic acids is 1. The van der Waals surface area contributed by atoms with Crippen LogP contribution in [-0.4, -0.2) is 22.1 Å². The Labute approximate surface area is 108 Å². The zero-order valence-corrected chi connectivity index (χ0v) is 10.0. The molecule has 2 rings (SSSR count). The minimum Gasteiger partial charge on any atom is -0.507 e. The number of rotatable bonds is 3. The highest BCUT2D eigenvalue weighted by atomic mass is 16.4. The molecule has 0 aliphatic rings. The normalized spacial score (nSPS) is 10.2. The van der Waals surface area contributed by atoms with E-state index in [9.17, 15) is 14.7 Å². The molecule has 6 nitrogen and oxygen atoms in total. The van der Waals surface area contributed by atoms with Gasteiger partial charge in [0.1, 0.15) is 11.3 Å². The van der Waals surface area contributed by atoms with Crippen molar-refractivity contribution < 1.29 is 24.2 Å². The first-order chi connectivity index (χ1) is 8.99. The van der Waals surface area contributed by atoms with E-state index in [0.29, 0.717) is 5.56 Å². The van der Waals surface area contributed by atoms with Crippen LogP contribution < -0.4 is 5.32 Å². The molecule has 0 aliphatic heterocycles. The predicted octanol–water partition coefficient (Wildman–Crippen LogP) is 2.24. The maximum absolute atomic E-state index is 11.8. The summed E-state index contributed by atoms with van der Waals surface area (Å²) in [5.41, 5.74) is 0.653. The van der Waals surface area contributed by atoms with Gasteiger partial charge in [0.2, 0.25) is 0 Å². The molecule has 1 amide bonds. The van der Waals surface area contributed by atoms with Gasteiger partial charge in [-0.2, -0.15) is 0 Å². The molecule has 98 valence electrons. The number of benzene rings is 1. The fourth-order valence-electron chi connectivity index (χ4n) is 1.58. The molecule has 0 unspecified atom stereocenters. The van der Waals surface area contributed by atoms with Crippen LogP contribution in [0.5, 0.6) is 5.75 Å². The van der Waals surface area contributed by atoms with Crippen LogP contribution in [0.15, 0.2) is 34.9 Å². The van der Waals surface area contributed by atoms with Crippen LogP contribution in [-0.2, 0) is 0 Å². The van der Waals surface area contributed by atoms with Gasteiger partial charge in [-0.1, -0.05) is 0 Å². The first-order valence-corrected chi connectivity index (χ1v) is 5.41. The third kappa shape index (κ3) is 2.57. The zero-order chi connectivity index (χ0) is 14.0. The molecule has 1 aromatic carbocycles. The summed E-state index contributed by atoms with van der Waals surface area (Å²) in [7, 11) is 0. The van der Waals surface area contributed by atoms with E-state index in [0.717, 1.165) is 0 Å². The lowest BCUT2D eigenvalue weighted by Crippen LogP contribution is -2.12. The van der Waals surface area contributed by atoms with Gasteiger partial charge in [0.25, 0.3) is 5.91 Å². The van der Waals surface area contributed by atoms with E-state index >= 15 is 0 Å². The van der Waals surface area contributed by atoms with Crippen LogP contribution >= 0.6 is 0 Å². The number of furan rings is 1. The molecule has 0 atom stereocenters. The molecular formula is C13H11NO5. The second kappa shape index (κ2) is 4.85. The van der Waals surface area contributed by atoms with Gasteiger partial charge in [0, 0.05) is 11.3 Å². The number of carbonyl (C=O) groups excluding carboxylic acids is 1. The van der Waals surface area contributed by atoms with Gasteiger partial charge < -0.3 is 19.9 Å². The summed E-state index contributed by atoms with van der Waals surface area (Å²) in [6.07, 6.45) is 1.39. The van der Waals surface area contributed by atoms with E-state index in [1.165, 1.54) is 24.5 Å². The molecule has 0 aliphatic carbocycles. The van der Waals surface area contributed by atoms with Gasteiger partial charge >= 0.3 is 5.97 Å². The third-order valence-corrected chi connectivity index (χ3v) is 2.55. The summed E-state index contributed by atoms with van der Waals surface area (Å²) >= 11 is 0. The fourth-order valence-corrected chi connectivity index (χ4v) is 1.58. The second-order valence-electron chi connectivity index (χ2n) is 3.92. The lowest BCUT2D eigenvalue weighted by molar-refractivity contribution is 0.0693. The smallest absolute Gasteiger partial charge is 0.339 e. The molecule has 0 saturated carbocycles. The summed E-state index contributed by atoms with van der Waals surface area (Å²) in [5.74, 6) is -1.96. The summed E-state index contributed by atoms with van der Waals surface area (Å²) < 4.78 is 5.02. The summed E-state index contributed by atoms with van der Waals surface area (Å²) in [5, 5.41) is 20.7. The quantitative estimate of drug-likeness (QED) is 0.736. The van der Waals surface area contributed by atoms with Crippen molar-refractivity contribution in [2.75, 3.05) is 5.32 Å². The molecular weight excluding hydrogens is 250 g/mol. The van der Waals surface area contributed by atoms with Crippen LogP contribution in [0.4, 0.5) is 5.69 Å². The molecule has 0 fully saturated rings. The van der Waals surface area contributed by atoms with E-state index in [2.05, 4.69) is 5.32 Å². The summed E-state index contributed by atoms with van der Waals surface area (Å²) in [6.45, 7) is 1.72. The Bertz CT molecular complexity index is 644. The topological polar surface area (TPSA) is 99.8 Å². The molecule has 3 N–H and O–H groups in total. The zero-order valence-electron chi connectivity index (χ0n) is 10.0. The Morgan fingerprint density at radius 2 is 2.00 bits per heavy atom. The molecule has 1 heterocycles. The number of aromatic carboxylic acids is 1. The van der Waals surface area contributed by atoms with Crippen molar-refractivity contribution in [1.29, 1.82) is 0 Å². The van der Waals surface area contributed by atoms with Gasteiger partial charge in [-0.05, 0) is 31.2 Å². The van der Waals surface area contributed by atoms with E-state index in [1.54, 1.807) is 13.0 Å². The number of carbonyl (C=O) groups is 2. The number of hydrogen-bond donors (Lipinski definition) is 3. The Morgan fingerprint density at radius 1 is 1.26 bits per heavy atom. The van der Waals surface area contributed by atoms with Crippen molar-refractivity contribution >= 4 is 17.6 Å². The maximum atomic E-state index is 11.8. The molecule has 2 aromatic rings. The molecule has 0 saturated heterocycles. The average molecular weight is 261 g/mol. The van der Waals surface area contributed by atoms with Crippen LogP contribution in [0.1, 0.15) is 26.5 Å². The molecule has 1 aromatic heterocycles. The highest BCUT2D eigenvalue weighted by molar-refractivity contribution is 6.04. The van der Waals surface area contributed by atoms with E-state index in [4.69, 9.17) is 9.52 Å². The minimum atomic E-state index is -1.28. The van der Waals surface area contributed by atoms with Gasteiger partial charge in [0.05, 0.1) is 6.26 Å². The number of carboxylic acid groups (broad SMARTS) is 1. The monoisotopic (exact) mass is 261 g/mol. The predicted molar refractivity (Wildman–Crippen MR) is 66.5 cm³/mol. The van der Waals surface area contributed by atoms with Gasteiger partial charge in [-0.25, -0.2) is 4.79 Å². The summed E-state index contributed by atoms with van der Waals surface area (Å²) in [4.78, 5) is 22.7. The number of hydrogen-bond acceptors (Lipinski definition) is 4. The first-order valence-electron chi connectivity index (χ1n) is 5.41. The van der Waals surface area contributed by atoms with Crippen LogP contribution in [0.3, 0.4) is 0 Å². The Kier molecular flexibility index (Phi) is 3.24. The van der Waals surface area contributed by atoms with Crippen molar-refractivity contribution in [2.24, 2.45) is 0 Å². The fraction of sp³-hybridized carbons (Fsp3) is 0.0769. The van der Waals surface area contributed by atoms with Crippen molar-refractivity contribution in [1.82, 2.24) is 0 Å². The Morgan fingerprint density at radius 3 is 2.58 bits per heavy atom. The average Bonchev–Trinajstić information content (AvgIpc) is 2.77. The van der Waals surface area contributed by atoms with Gasteiger partial charge in [0.15, 0.2) is 5.76 Å². The third-order valence-electron chi connectivity index (χ3n) is 2.55. The van der Waals surface area contributed by atoms with E-state index < -0.39 is 11.9 Å². The molecule has 0 spiro atoms. The van der Waals surface area contributed by atoms with Gasteiger partial charge in [-0.15, -0.1) is 0 Å². The SMILES string of the molecule is Cc1ccoc1C(=O)Nc1ccc(O)c(C(=O)O)c1. The lowest BCUT2D eigenvalue weighted by atomic mass is 10.1. The number of phenols is 1. The van der Waals surface area contributed by atoms with E-state index in [-0.39, 0.29) is 22.8 Å². The minimum absolute atomic E-state index is 0.157. The van der Waals surface area contributed by atoms with Crippen molar-refractivity contribution in [3.63, 3.8) is 0 Å². The van der Waals surface area contributed by atoms with Crippen LogP contribution in [0.2, 0.25) is 0 Å². The lowest BCUT2D eigenvalue weighted by Gasteiger charge is -2.06. The second-order valence-corrected chi connectivity index (χ2v) is 3.92. The van der Waals surface area contributed by atoms with Crippen molar-refractivity contribution in [3.8, 4) is 5.75 Å². The van der Waals surface area contributed by atoms with Crippen molar-refractivity contribution in [3.05, 3.63) is 47.4 Å². The largest absolute Gasteiger partial charge is 0.507 e. The Balaban J connectivity index is 2.25. The van der Waals surface area contributed by atoms with Crippen LogP contribution in [0, 0.1) is 6.92 Å². The van der Waals surface area contributed by atoms with Crippen LogP contribution in [0.25, 0.3) is 0 Å². The first kappa shape index (κ1) is 12.7. The van der Waals surface area contributed by atoms with E-state index in [1.807, 2.05) is 0 Å². The number of aryl methyl sites for hydroxylation is 1. The number of amides is 1. The molecule has 0 bridgehead atoms. The maximum Gasteiger partial charge on any atom is 0.339 e. The van der Waals surface area contributed by atoms with Crippen molar-refractivity contribution in [2.45, 2.75) is 6.92 Å². The molecule has 19 heavy (non-hydrogen) atoms. The summed E-state index contributed by atoms with van der Waals surface area (Å²) in [6, 6.07) is 5.42. The standard InChI is InChI=1S/C13H11NO5/c1-7-4-5-19-11(7)12(16)14-8-2-3-10(15)9(6-8)13(17)18/h2-6,15H,1H3,(H,14,16)(H,17,18). The Hall–Kier alpha value is -2.76.